The largest absolute Gasteiger partial charge is 0.429 e. The van der Waals surface area contributed by atoms with Gasteiger partial charge in [0.1, 0.15) is 5.75 Å². The summed E-state index contributed by atoms with van der Waals surface area (Å²) in [6.07, 6.45) is -3.86. The summed E-state index contributed by atoms with van der Waals surface area (Å²) in [6, 6.07) is 4.21. The number of hydrogen-bond acceptors (Lipinski definition) is 5. The van der Waals surface area contributed by atoms with Gasteiger partial charge in [-0.2, -0.15) is 13.2 Å². The number of ether oxygens (including phenoxy) is 1. The zero-order chi connectivity index (χ0) is 14.3. The summed E-state index contributed by atoms with van der Waals surface area (Å²) in [5.74, 6) is -0.652. The van der Waals surface area contributed by atoms with Crippen molar-refractivity contribution in [2.75, 3.05) is 0 Å². The predicted octanol–water partition coefficient (Wildman–Crippen LogP) is 1.63. The third-order valence-electron chi connectivity index (χ3n) is 2.23. The van der Waals surface area contributed by atoms with Gasteiger partial charge in [0.25, 0.3) is 9.84 Å². The molecule has 5 nitrogen and oxygen atoms in total. The maximum atomic E-state index is 12.7. The Morgan fingerprint density at radius 3 is 2.37 bits per heavy atom. The summed E-state index contributed by atoms with van der Waals surface area (Å²) in [5, 5.41) is -1.45. The van der Waals surface area contributed by atoms with E-state index in [1.54, 1.807) is 0 Å². The van der Waals surface area contributed by atoms with Crippen molar-refractivity contribution >= 4 is 15.1 Å². The smallest absolute Gasteiger partial charge is 0.419 e. The average molecular weight is 292 g/mol. The van der Waals surface area contributed by atoms with Gasteiger partial charge in [0.2, 0.25) is 0 Å². The van der Waals surface area contributed by atoms with Gasteiger partial charge in [0, 0.05) is 0 Å². The molecular weight excluding hydrogens is 285 g/mol. The number of nitrogens with zero attached hydrogens (tertiary/aromatic N) is 1. The monoisotopic (exact) mass is 292 g/mol. The van der Waals surface area contributed by atoms with E-state index >= 15 is 0 Å². The lowest BCUT2D eigenvalue weighted by Crippen LogP contribution is -2.23. The molecule has 0 bridgehead atoms. The minimum atomic E-state index is -4.67. The highest BCUT2D eigenvalue weighted by atomic mass is 32.2. The van der Waals surface area contributed by atoms with Crippen LogP contribution in [0.5, 0.6) is 5.75 Å². The Hall–Kier alpha value is -2.03. The second kappa shape index (κ2) is 4.26. The van der Waals surface area contributed by atoms with Crippen molar-refractivity contribution in [3.8, 4) is 5.75 Å². The maximum Gasteiger partial charge on any atom is 0.419 e. The average Bonchev–Trinajstić information content (AvgIpc) is 2.55. The summed E-state index contributed by atoms with van der Waals surface area (Å²) >= 11 is 0. The molecule has 0 amide bonds. The van der Waals surface area contributed by atoms with E-state index < -0.39 is 37.6 Å². The quantitative estimate of drug-likeness (QED) is 0.852. The number of halogens is 3. The van der Waals surface area contributed by atoms with Gasteiger partial charge in [0.05, 0.1) is 11.8 Å². The van der Waals surface area contributed by atoms with Crippen molar-refractivity contribution in [1.82, 2.24) is 0 Å². The molecule has 0 fully saturated rings. The van der Waals surface area contributed by atoms with E-state index in [0.29, 0.717) is 0 Å². The summed E-state index contributed by atoms with van der Waals surface area (Å²) in [5.41, 5.74) is 4.04. The van der Waals surface area contributed by atoms with E-state index in [4.69, 9.17) is 10.5 Å². The van der Waals surface area contributed by atoms with Gasteiger partial charge >= 0.3 is 11.4 Å². The summed E-state index contributed by atoms with van der Waals surface area (Å²) in [6.45, 7) is 0. The Kier molecular flexibility index (Phi) is 3.01. The maximum absolute atomic E-state index is 12.7. The molecule has 0 aromatic heterocycles. The van der Waals surface area contributed by atoms with E-state index in [1.807, 2.05) is 0 Å². The van der Waals surface area contributed by atoms with E-state index in [9.17, 15) is 21.6 Å². The van der Waals surface area contributed by atoms with Crippen LogP contribution in [0.1, 0.15) is 5.56 Å². The number of sulfone groups is 1. The number of hydrogen-bond donors (Lipinski definition) is 1. The van der Waals surface area contributed by atoms with Crippen LogP contribution in [0, 0.1) is 0 Å². The lowest BCUT2D eigenvalue weighted by Gasteiger charge is -2.12. The molecule has 0 saturated carbocycles. The first kappa shape index (κ1) is 13.4. The van der Waals surface area contributed by atoms with Crippen LogP contribution in [-0.2, 0) is 16.0 Å². The minimum Gasteiger partial charge on any atom is -0.429 e. The molecule has 0 aliphatic carbocycles. The van der Waals surface area contributed by atoms with Crippen molar-refractivity contribution in [2.24, 2.45) is 10.7 Å². The minimum absolute atomic E-state index is 0.577. The van der Waals surface area contributed by atoms with Gasteiger partial charge in [-0.15, -0.1) is 0 Å². The van der Waals surface area contributed by atoms with Crippen molar-refractivity contribution in [3.05, 3.63) is 41.1 Å². The van der Waals surface area contributed by atoms with E-state index in [-0.39, 0.29) is 0 Å². The molecule has 0 atom stereocenters. The number of alkyl halides is 3. The first-order valence-corrected chi connectivity index (χ1v) is 6.34. The Labute approximate surface area is 106 Å². The van der Waals surface area contributed by atoms with Gasteiger partial charge in [-0.25, -0.2) is 13.4 Å². The highest BCUT2D eigenvalue weighted by Gasteiger charge is 2.37. The third-order valence-corrected chi connectivity index (χ3v) is 3.60. The highest BCUT2D eigenvalue weighted by molar-refractivity contribution is 8.09. The van der Waals surface area contributed by atoms with Crippen LogP contribution in [-0.4, -0.2) is 13.6 Å². The zero-order valence-corrected chi connectivity index (χ0v) is 9.99. The van der Waals surface area contributed by atoms with Crippen molar-refractivity contribution in [3.63, 3.8) is 0 Å². The Bertz CT molecular complexity index is 678. The molecule has 1 aliphatic heterocycles. The number of rotatable bonds is 1. The molecule has 1 aliphatic rings. The van der Waals surface area contributed by atoms with Gasteiger partial charge in [-0.3, -0.25) is 0 Å². The summed E-state index contributed by atoms with van der Waals surface area (Å²) < 4.78 is 65.8. The second-order valence-electron chi connectivity index (χ2n) is 3.53. The van der Waals surface area contributed by atoms with E-state index in [1.165, 1.54) is 6.07 Å². The van der Waals surface area contributed by atoms with Gasteiger partial charge < -0.3 is 10.5 Å². The first-order valence-electron chi connectivity index (χ1n) is 4.85. The lowest BCUT2D eigenvalue weighted by atomic mass is 10.2. The van der Waals surface area contributed by atoms with Crippen LogP contribution in [0.25, 0.3) is 0 Å². The van der Waals surface area contributed by atoms with Gasteiger partial charge in [-0.05, 0) is 12.1 Å². The van der Waals surface area contributed by atoms with Crippen LogP contribution in [0.15, 0.2) is 40.5 Å². The molecule has 2 N–H and O–H groups in total. The molecule has 9 heteroatoms. The molecule has 0 saturated heterocycles. The molecule has 0 spiro atoms. The molecule has 0 radical (unpaired) electrons. The topological polar surface area (TPSA) is 81.8 Å². The van der Waals surface area contributed by atoms with Crippen LogP contribution in [0.2, 0.25) is 0 Å². The molecular formula is C10H7F3N2O3S. The van der Waals surface area contributed by atoms with Crippen LogP contribution >= 0.6 is 0 Å². The Balaban J connectivity index is 2.38. The fourth-order valence-electron chi connectivity index (χ4n) is 1.32. The Morgan fingerprint density at radius 1 is 1.21 bits per heavy atom. The van der Waals surface area contributed by atoms with Crippen LogP contribution in [0.3, 0.4) is 0 Å². The normalized spacial score (nSPS) is 17.8. The second-order valence-corrected chi connectivity index (χ2v) is 5.35. The number of nitrogens with two attached hydrogens (primary N) is 1. The van der Waals surface area contributed by atoms with Crippen molar-refractivity contribution < 1.29 is 26.3 Å². The van der Waals surface area contributed by atoms with Crippen LogP contribution < -0.4 is 10.5 Å². The molecule has 2 rings (SSSR count). The fraction of sp³-hybridized carbons (Fsp3) is 0.100. The zero-order valence-electron chi connectivity index (χ0n) is 9.18. The van der Waals surface area contributed by atoms with E-state index in [2.05, 4.69) is 4.99 Å². The molecule has 102 valence electrons. The predicted molar refractivity (Wildman–Crippen MR) is 60.7 cm³/mol. The number of aliphatic imine (C=N–C) groups is 1. The molecule has 19 heavy (non-hydrogen) atoms. The van der Waals surface area contributed by atoms with Crippen molar-refractivity contribution in [1.29, 1.82) is 0 Å². The van der Waals surface area contributed by atoms with E-state index in [0.717, 1.165) is 24.4 Å². The SMILES string of the molecule is NC1=CN=C(Oc2ccccc2C(F)(F)F)S1(=O)=O. The first-order chi connectivity index (χ1) is 8.73. The summed E-state index contributed by atoms with van der Waals surface area (Å²) in [4.78, 5) is 3.34. The van der Waals surface area contributed by atoms with Crippen molar-refractivity contribution in [2.45, 2.75) is 6.18 Å². The molecule has 1 aromatic rings. The number of para-hydroxylation sites is 1. The number of benzene rings is 1. The Morgan fingerprint density at radius 2 is 1.84 bits per heavy atom. The molecule has 1 heterocycles. The molecule has 0 unspecified atom stereocenters. The standard InChI is InChI=1S/C10H7F3N2O3S/c11-10(12,13)6-3-1-2-4-7(6)18-9-15-5-8(14)19(9,16)17/h1-5H,14H2. The fourth-order valence-corrected chi connectivity index (χ4v) is 2.11. The van der Waals surface area contributed by atoms with Gasteiger partial charge in [0.15, 0.2) is 5.03 Å². The van der Waals surface area contributed by atoms with Gasteiger partial charge in [-0.1, -0.05) is 12.1 Å². The summed E-state index contributed by atoms with van der Waals surface area (Å²) in [7, 11) is -4.13. The lowest BCUT2D eigenvalue weighted by molar-refractivity contribution is -0.138. The highest BCUT2D eigenvalue weighted by Crippen LogP contribution is 2.36. The molecule has 1 aromatic carbocycles. The van der Waals surface area contributed by atoms with Crippen LogP contribution in [0.4, 0.5) is 13.2 Å². The third kappa shape index (κ3) is 2.41.